The first-order valence-electron chi connectivity index (χ1n) is 16.2. The highest BCUT2D eigenvalue weighted by Crippen LogP contribution is 2.49. The van der Waals surface area contributed by atoms with Crippen LogP contribution < -0.4 is 16.5 Å². The van der Waals surface area contributed by atoms with E-state index in [4.69, 9.17) is 22.2 Å². The number of β-lactam (4-membered cyclic amide) rings is 1. The van der Waals surface area contributed by atoms with Gasteiger partial charge in [-0.3, -0.25) is 19.3 Å². The van der Waals surface area contributed by atoms with Gasteiger partial charge in [0.25, 0.3) is 11.8 Å². The molecule has 2 aromatic rings. The third kappa shape index (κ3) is 7.02. The highest BCUT2D eigenvalue weighted by Gasteiger charge is 2.66. The first kappa shape index (κ1) is 39.0. The van der Waals surface area contributed by atoms with Gasteiger partial charge < -0.3 is 51.0 Å². The molecule has 0 bridgehead atoms. The molecule has 8 N–H and O–H groups in total. The van der Waals surface area contributed by atoms with Gasteiger partial charge >= 0.3 is 24.0 Å². The normalized spacial score (nSPS) is 22.7. The number of piperazine rings is 1. The van der Waals surface area contributed by atoms with Crippen LogP contribution in [0.1, 0.15) is 29.9 Å². The van der Waals surface area contributed by atoms with Crippen LogP contribution >= 0.6 is 34.7 Å². The Labute approximate surface area is 323 Å². The number of hydrogen-bond acceptors (Lipinski definition) is 15. The standard InChI is InChI=1S/C30H33ClN10O12S2/c1-29(2,24(47)48)53-36-17(14-11-54-26(32)33-14)20(44)34-18-22(46)39-12-30(25(49)50,55-23(18)39)40-9-10-41(28(40)52)35-27(51)38-7-5-37(6-8-38)21(45)13-3-4-15(42)19(43)16(13)31/h3-4,11,18,23,42-43H,5-10,12H2,1-2H3,(H2,32,33)(H,34,44)(H,35,51)(H,47,48)(H,49,50)/b36-17-/t18?,23-,30-/m1/s1. The summed E-state index contributed by atoms with van der Waals surface area (Å²) in [4.78, 5) is 103. The van der Waals surface area contributed by atoms with Crippen LogP contribution in [0.4, 0.5) is 14.7 Å². The van der Waals surface area contributed by atoms with Crippen molar-refractivity contribution in [1.82, 2.24) is 40.3 Å². The van der Waals surface area contributed by atoms with Crippen LogP contribution in [0.25, 0.3) is 0 Å². The number of aromatic nitrogens is 1. The van der Waals surface area contributed by atoms with E-state index in [1.165, 1.54) is 40.0 Å². The number of carbonyl (C=O) groups excluding carboxylic acids is 5. The molecule has 1 aromatic heterocycles. The van der Waals surface area contributed by atoms with Crippen molar-refractivity contribution in [2.75, 3.05) is 51.5 Å². The summed E-state index contributed by atoms with van der Waals surface area (Å²) in [6, 6.07) is -0.436. The minimum absolute atomic E-state index is 0.0403. The molecule has 4 aliphatic heterocycles. The maximum absolute atomic E-state index is 13.6. The van der Waals surface area contributed by atoms with E-state index in [1.54, 1.807) is 0 Å². The summed E-state index contributed by atoms with van der Waals surface area (Å²) in [7, 11) is 0. The lowest BCUT2D eigenvalue weighted by molar-refractivity contribution is -0.161. The number of phenolic OH excluding ortho intramolecular Hbond substituents is 2. The first-order chi connectivity index (χ1) is 25.9. The summed E-state index contributed by atoms with van der Waals surface area (Å²) in [5.74, 6) is -6.13. The number of aromatic hydroxyl groups is 2. The molecule has 0 saturated carbocycles. The molecule has 4 saturated heterocycles. The minimum atomic E-state index is -2.00. The number of thioether (sulfide) groups is 1. The van der Waals surface area contributed by atoms with Gasteiger partial charge in [-0.15, -0.1) is 11.3 Å². The van der Waals surface area contributed by atoms with Crippen LogP contribution in [0, 0.1) is 0 Å². The number of urea groups is 2. The molecule has 22 nitrogen and oxygen atoms in total. The third-order valence-electron chi connectivity index (χ3n) is 9.18. The number of phenols is 2. The number of hydrazine groups is 1. The van der Waals surface area contributed by atoms with Crippen LogP contribution in [-0.4, -0.2) is 165 Å². The number of hydrogen-bond donors (Lipinski definition) is 7. The van der Waals surface area contributed by atoms with Crippen LogP contribution in [0.3, 0.4) is 0 Å². The number of fused-ring (bicyclic) bond motifs is 1. The van der Waals surface area contributed by atoms with Gasteiger partial charge in [-0.05, 0) is 26.0 Å². The van der Waals surface area contributed by atoms with Crippen molar-refractivity contribution in [1.29, 1.82) is 0 Å². The Kier molecular flexibility index (Phi) is 10.3. The summed E-state index contributed by atoms with van der Waals surface area (Å²) < 4.78 is 0. The van der Waals surface area contributed by atoms with Gasteiger partial charge in [0.2, 0.25) is 16.4 Å². The summed E-state index contributed by atoms with van der Waals surface area (Å²) in [6.45, 7) is 1.95. The van der Waals surface area contributed by atoms with Crippen LogP contribution in [0.2, 0.25) is 5.02 Å². The van der Waals surface area contributed by atoms with E-state index in [0.717, 1.165) is 39.1 Å². The number of nitrogen functional groups attached to an aromatic ring is 1. The number of nitrogens with two attached hydrogens (primary N) is 1. The van der Waals surface area contributed by atoms with Crippen molar-refractivity contribution in [3.8, 4) is 11.5 Å². The van der Waals surface area contributed by atoms with Gasteiger partial charge in [0.15, 0.2) is 22.3 Å². The van der Waals surface area contributed by atoms with Crippen molar-refractivity contribution in [2.24, 2.45) is 5.16 Å². The molecule has 294 valence electrons. The Morgan fingerprint density at radius 3 is 2.35 bits per heavy atom. The molecule has 1 unspecified atom stereocenters. The largest absolute Gasteiger partial charge is 0.504 e. The van der Waals surface area contributed by atoms with Gasteiger partial charge in [0.1, 0.15) is 17.1 Å². The number of aliphatic carboxylic acids is 2. The Hall–Kier alpha value is -5.75. The number of carboxylic acids is 2. The quantitative estimate of drug-likeness (QED) is 0.0680. The molecule has 1 aromatic carbocycles. The summed E-state index contributed by atoms with van der Waals surface area (Å²) in [5.41, 5.74) is 5.74. The number of amides is 7. The lowest BCUT2D eigenvalue weighted by atomic mass is 10.1. The topological polar surface area (TPSA) is 301 Å². The lowest BCUT2D eigenvalue weighted by Crippen LogP contribution is -2.68. The van der Waals surface area contributed by atoms with E-state index >= 15 is 0 Å². The molecule has 25 heteroatoms. The first-order valence-corrected chi connectivity index (χ1v) is 18.4. The molecule has 0 spiro atoms. The monoisotopic (exact) mass is 824 g/mol. The Bertz CT molecular complexity index is 2020. The van der Waals surface area contributed by atoms with Crippen LogP contribution in [0.5, 0.6) is 11.5 Å². The van der Waals surface area contributed by atoms with Gasteiger partial charge in [-0.2, -0.15) is 0 Å². The zero-order valence-electron chi connectivity index (χ0n) is 28.8. The van der Waals surface area contributed by atoms with Crippen LogP contribution in [0.15, 0.2) is 22.7 Å². The second-order valence-electron chi connectivity index (χ2n) is 13.0. The Morgan fingerprint density at radius 1 is 1.05 bits per heavy atom. The third-order valence-corrected chi connectivity index (χ3v) is 11.9. The van der Waals surface area contributed by atoms with Gasteiger partial charge in [-0.25, -0.2) is 34.6 Å². The molecule has 0 radical (unpaired) electrons. The van der Waals surface area contributed by atoms with Crippen molar-refractivity contribution < 1.29 is 58.8 Å². The maximum atomic E-state index is 13.6. The Balaban J connectivity index is 1.08. The maximum Gasteiger partial charge on any atom is 0.350 e. The Morgan fingerprint density at radius 2 is 1.73 bits per heavy atom. The summed E-state index contributed by atoms with van der Waals surface area (Å²) >= 11 is 7.74. The number of nitrogens with one attached hydrogen (secondary N) is 2. The van der Waals surface area contributed by atoms with Crippen LogP contribution in [-0.2, 0) is 24.0 Å². The van der Waals surface area contributed by atoms with E-state index in [9.17, 15) is 54.0 Å². The SMILES string of the molecule is CC(C)(O/N=C(\C(=O)NC1C(=O)N2C[C@@](C(=O)O)(N3CCN(NC(=O)N4CCN(C(=O)c5ccc(O)c(O)c5Cl)CC4)C3=O)S[C@H]12)c1csc(N)n1)C(=O)O. The number of thiazole rings is 1. The van der Waals surface area contributed by atoms with E-state index in [-0.39, 0.29) is 60.7 Å². The number of anilines is 1. The smallest absolute Gasteiger partial charge is 0.350 e. The van der Waals surface area contributed by atoms with Gasteiger partial charge in [0.05, 0.1) is 23.7 Å². The molecular formula is C30H33ClN10O12S2. The second kappa shape index (κ2) is 14.5. The highest BCUT2D eigenvalue weighted by atomic mass is 35.5. The molecule has 4 fully saturated rings. The van der Waals surface area contributed by atoms with Gasteiger partial charge in [0, 0.05) is 38.1 Å². The average molecular weight is 825 g/mol. The number of carboxylic acid groups (broad SMARTS) is 2. The van der Waals surface area contributed by atoms with E-state index in [1.807, 2.05) is 0 Å². The second-order valence-corrected chi connectivity index (χ2v) is 15.7. The molecule has 0 aliphatic carbocycles. The average Bonchev–Trinajstić information content (AvgIpc) is 3.85. The minimum Gasteiger partial charge on any atom is -0.504 e. The van der Waals surface area contributed by atoms with Crippen molar-refractivity contribution in [3.05, 3.63) is 33.8 Å². The van der Waals surface area contributed by atoms with Crippen molar-refractivity contribution in [3.63, 3.8) is 0 Å². The zero-order chi connectivity index (χ0) is 40.1. The molecule has 5 heterocycles. The number of oxime groups is 1. The lowest BCUT2D eigenvalue weighted by Gasteiger charge is -2.41. The molecule has 3 atom stereocenters. The van der Waals surface area contributed by atoms with Gasteiger partial charge in [-0.1, -0.05) is 28.5 Å². The predicted molar refractivity (Wildman–Crippen MR) is 191 cm³/mol. The number of rotatable bonds is 10. The molecular weight excluding hydrogens is 792 g/mol. The highest BCUT2D eigenvalue weighted by molar-refractivity contribution is 8.02. The number of benzene rings is 1. The zero-order valence-corrected chi connectivity index (χ0v) is 31.2. The fraction of sp³-hybridized carbons (Fsp3) is 0.433. The number of carbonyl (C=O) groups is 7. The van der Waals surface area contributed by atoms with E-state index in [2.05, 4.69) is 20.9 Å². The summed E-state index contributed by atoms with van der Waals surface area (Å²) in [5, 5.41) is 46.6. The molecule has 4 aliphatic rings. The fourth-order valence-corrected chi connectivity index (χ4v) is 8.41. The molecule has 6 rings (SSSR count). The molecule has 55 heavy (non-hydrogen) atoms. The summed E-state index contributed by atoms with van der Waals surface area (Å²) in [6.07, 6.45) is 0. The predicted octanol–water partition coefficient (Wildman–Crippen LogP) is -0.625. The van der Waals surface area contributed by atoms with Crippen molar-refractivity contribution >= 4 is 87.3 Å². The number of nitrogens with zero attached hydrogens (tertiary/aromatic N) is 7. The molecule has 7 amide bonds. The fourth-order valence-electron chi connectivity index (χ4n) is 5.98. The number of halogens is 1. The van der Waals surface area contributed by atoms with Crippen molar-refractivity contribution in [2.45, 2.75) is 35.7 Å². The van der Waals surface area contributed by atoms with E-state index < -0.39 is 87.4 Å². The van der Waals surface area contributed by atoms with E-state index in [0.29, 0.717) is 0 Å².